The van der Waals surface area contributed by atoms with E-state index in [0.29, 0.717) is 0 Å². The summed E-state index contributed by atoms with van der Waals surface area (Å²) >= 11 is 6.59. The Labute approximate surface area is 139 Å². The summed E-state index contributed by atoms with van der Waals surface area (Å²) in [6.45, 7) is 0. The van der Waals surface area contributed by atoms with Gasteiger partial charge in [-0.3, -0.25) is 4.98 Å². The normalized spacial score (nSPS) is 13.1. The number of halogens is 1. The Morgan fingerprint density at radius 3 is 2.70 bits per heavy atom. The van der Waals surface area contributed by atoms with Gasteiger partial charge in [0.05, 0.1) is 17.6 Å². The Bertz CT molecular complexity index is 892. The van der Waals surface area contributed by atoms with Gasteiger partial charge < -0.3 is 9.47 Å². The van der Waals surface area contributed by atoms with Crippen LogP contribution < -0.4 is 9.47 Å². The van der Waals surface area contributed by atoms with Crippen LogP contribution in [-0.2, 0) is 12.8 Å². The number of hydrogen-bond acceptors (Lipinski definition) is 3. The van der Waals surface area contributed by atoms with Crippen LogP contribution >= 0.6 is 11.6 Å². The van der Waals surface area contributed by atoms with Gasteiger partial charge in [-0.25, -0.2) is 0 Å². The van der Waals surface area contributed by atoms with Crippen molar-refractivity contribution in [3.05, 3.63) is 58.7 Å². The molecule has 1 aromatic heterocycles. The zero-order valence-electron chi connectivity index (χ0n) is 12.8. The smallest absolute Gasteiger partial charge is 0.131 e. The Hall–Kier alpha value is -2.26. The average Bonchev–Trinajstić information content (AvgIpc) is 3.04. The van der Waals surface area contributed by atoms with E-state index in [4.69, 9.17) is 26.1 Å². The van der Waals surface area contributed by atoms with Crippen LogP contribution in [0.3, 0.4) is 0 Å². The van der Waals surface area contributed by atoms with E-state index in [0.717, 1.165) is 58.1 Å². The van der Waals surface area contributed by atoms with Gasteiger partial charge in [-0.15, -0.1) is 0 Å². The summed E-state index contributed by atoms with van der Waals surface area (Å²) in [5.74, 6) is 2.24. The fourth-order valence-electron chi connectivity index (χ4n) is 3.05. The maximum absolute atomic E-state index is 6.59. The van der Waals surface area contributed by atoms with E-state index in [1.54, 1.807) is 7.11 Å². The van der Waals surface area contributed by atoms with Crippen LogP contribution in [0.25, 0.3) is 10.9 Å². The van der Waals surface area contributed by atoms with E-state index in [1.165, 1.54) is 5.56 Å². The maximum Gasteiger partial charge on any atom is 0.131 e. The summed E-state index contributed by atoms with van der Waals surface area (Å²) < 4.78 is 11.2. The van der Waals surface area contributed by atoms with Crippen molar-refractivity contribution in [1.82, 2.24) is 4.98 Å². The van der Waals surface area contributed by atoms with Crippen molar-refractivity contribution in [2.45, 2.75) is 19.3 Å². The molecule has 0 saturated carbocycles. The van der Waals surface area contributed by atoms with Crippen molar-refractivity contribution in [2.24, 2.45) is 0 Å². The minimum atomic E-state index is 0.731. The summed E-state index contributed by atoms with van der Waals surface area (Å²) in [4.78, 5) is 4.73. The molecule has 1 heterocycles. The molecule has 2 aromatic carbocycles. The molecular weight excluding hydrogens is 310 g/mol. The van der Waals surface area contributed by atoms with E-state index in [1.807, 2.05) is 42.5 Å². The fraction of sp³-hybridized carbons (Fsp3) is 0.211. The largest absolute Gasteiger partial charge is 0.497 e. The third-order valence-corrected chi connectivity index (χ3v) is 4.62. The van der Waals surface area contributed by atoms with Gasteiger partial charge in [-0.05, 0) is 55.2 Å². The summed E-state index contributed by atoms with van der Waals surface area (Å²) in [5, 5.41) is 1.77. The number of pyridine rings is 1. The zero-order chi connectivity index (χ0) is 15.8. The lowest BCUT2D eigenvalue weighted by Crippen LogP contribution is -1.93. The van der Waals surface area contributed by atoms with Crippen molar-refractivity contribution >= 4 is 22.5 Å². The quantitative estimate of drug-likeness (QED) is 0.665. The lowest BCUT2D eigenvalue weighted by atomic mass is 10.1. The van der Waals surface area contributed by atoms with Gasteiger partial charge >= 0.3 is 0 Å². The van der Waals surface area contributed by atoms with Gasteiger partial charge in [0, 0.05) is 17.1 Å². The van der Waals surface area contributed by atoms with Gasteiger partial charge in [0.2, 0.25) is 0 Å². The minimum absolute atomic E-state index is 0.731. The highest BCUT2D eigenvalue weighted by molar-refractivity contribution is 6.36. The molecule has 0 bridgehead atoms. The van der Waals surface area contributed by atoms with Gasteiger partial charge in [-0.1, -0.05) is 17.7 Å². The molecular formula is C19H16ClNO2. The molecule has 0 radical (unpaired) electrons. The van der Waals surface area contributed by atoms with Crippen LogP contribution in [0, 0.1) is 0 Å². The first-order chi connectivity index (χ1) is 11.2. The second-order valence-corrected chi connectivity index (χ2v) is 6.04. The van der Waals surface area contributed by atoms with Crippen molar-refractivity contribution in [3.63, 3.8) is 0 Å². The van der Waals surface area contributed by atoms with Crippen LogP contribution in [0.5, 0.6) is 17.2 Å². The molecule has 3 aromatic rings. The standard InChI is InChI=1S/C19H16ClNO2/c1-22-12-4-2-5-13(10-12)23-14-8-9-18-16(11-14)19(20)15-6-3-7-17(15)21-18/h2,4-5,8-11H,3,6-7H2,1H3. The van der Waals surface area contributed by atoms with Gasteiger partial charge in [0.1, 0.15) is 17.2 Å². The van der Waals surface area contributed by atoms with E-state index in [2.05, 4.69) is 0 Å². The molecule has 0 amide bonds. The lowest BCUT2D eigenvalue weighted by Gasteiger charge is -2.10. The lowest BCUT2D eigenvalue weighted by molar-refractivity contribution is 0.409. The number of hydrogen-bond donors (Lipinski definition) is 0. The second kappa shape index (κ2) is 5.74. The predicted octanol–water partition coefficient (Wildman–Crippen LogP) is 5.18. The molecule has 4 heteroatoms. The molecule has 0 saturated heterocycles. The van der Waals surface area contributed by atoms with Crippen LogP contribution in [0.1, 0.15) is 17.7 Å². The first-order valence-electron chi connectivity index (χ1n) is 7.67. The topological polar surface area (TPSA) is 31.4 Å². The summed E-state index contributed by atoms with van der Waals surface area (Å²) in [6.07, 6.45) is 3.16. The third-order valence-electron chi connectivity index (χ3n) is 4.19. The van der Waals surface area contributed by atoms with Crippen molar-refractivity contribution in [1.29, 1.82) is 0 Å². The number of benzene rings is 2. The SMILES string of the molecule is COc1cccc(Oc2ccc3nc4c(c(Cl)c3c2)CCC4)c1. The first kappa shape index (κ1) is 14.3. The molecule has 1 aliphatic rings. The number of ether oxygens (including phenoxy) is 2. The minimum Gasteiger partial charge on any atom is -0.497 e. The molecule has 1 aliphatic carbocycles. The highest BCUT2D eigenvalue weighted by Gasteiger charge is 2.18. The molecule has 23 heavy (non-hydrogen) atoms. The molecule has 0 unspecified atom stereocenters. The molecule has 0 N–H and O–H groups in total. The van der Waals surface area contributed by atoms with Crippen LogP contribution in [0.4, 0.5) is 0 Å². The summed E-state index contributed by atoms with van der Waals surface area (Å²) in [7, 11) is 1.64. The number of fused-ring (bicyclic) bond motifs is 2. The molecule has 0 aliphatic heterocycles. The predicted molar refractivity (Wildman–Crippen MR) is 91.8 cm³/mol. The van der Waals surface area contributed by atoms with Crippen LogP contribution in [0.15, 0.2) is 42.5 Å². The molecule has 116 valence electrons. The number of nitrogens with zero attached hydrogens (tertiary/aromatic N) is 1. The molecule has 0 fully saturated rings. The Morgan fingerprint density at radius 1 is 1.00 bits per heavy atom. The van der Waals surface area contributed by atoms with Gasteiger partial charge in [-0.2, -0.15) is 0 Å². The van der Waals surface area contributed by atoms with Crippen molar-refractivity contribution in [3.8, 4) is 17.2 Å². The number of rotatable bonds is 3. The number of methoxy groups -OCH3 is 1. The van der Waals surface area contributed by atoms with E-state index in [-0.39, 0.29) is 0 Å². The van der Waals surface area contributed by atoms with Crippen molar-refractivity contribution in [2.75, 3.05) is 7.11 Å². The molecule has 0 spiro atoms. The highest BCUT2D eigenvalue weighted by atomic mass is 35.5. The van der Waals surface area contributed by atoms with Gasteiger partial charge in [0.15, 0.2) is 0 Å². The number of aromatic nitrogens is 1. The Morgan fingerprint density at radius 2 is 1.83 bits per heavy atom. The molecule has 3 nitrogen and oxygen atoms in total. The van der Waals surface area contributed by atoms with E-state index in [9.17, 15) is 0 Å². The van der Waals surface area contributed by atoms with Crippen molar-refractivity contribution < 1.29 is 9.47 Å². The third kappa shape index (κ3) is 2.62. The maximum atomic E-state index is 6.59. The van der Waals surface area contributed by atoms with E-state index < -0.39 is 0 Å². The van der Waals surface area contributed by atoms with E-state index >= 15 is 0 Å². The first-order valence-corrected chi connectivity index (χ1v) is 8.05. The molecule has 0 atom stereocenters. The summed E-state index contributed by atoms with van der Waals surface area (Å²) in [5.41, 5.74) is 3.26. The zero-order valence-corrected chi connectivity index (χ0v) is 13.6. The average molecular weight is 326 g/mol. The number of aryl methyl sites for hydroxylation is 1. The van der Waals surface area contributed by atoms with Gasteiger partial charge in [0.25, 0.3) is 0 Å². The highest BCUT2D eigenvalue weighted by Crippen LogP contribution is 2.36. The molecule has 4 rings (SSSR count). The Kier molecular flexibility index (Phi) is 3.58. The van der Waals surface area contributed by atoms with Crippen LogP contribution in [0.2, 0.25) is 5.02 Å². The second-order valence-electron chi connectivity index (χ2n) is 5.66. The fourth-order valence-corrected chi connectivity index (χ4v) is 3.40. The Balaban J connectivity index is 1.74. The monoisotopic (exact) mass is 325 g/mol. The summed E-state index contributed by atoms with van der Waals surface area (Å²) in [6, 6.07) is 13.4. The van der Waals surface area contributed by atoms with Crippen LogP contribution in [-0.4, -0.2) is 12.1 Å².